The van der Waals surface area contributed by atoms with E-state index in [0.29, 0.717) is 38.2 Å². The van der Waals surface area contributed by atoms with Crippen LogP contribution >= 0.6 is 23.2 Å². The number of nitrogens with one attached hydrogen (secondary N) is 1. The van der Waals surface area contributed by atoms with E-state index in [9.17, 15) is 9.59 Å². The SMILES string of the molecule is CCCN(CC(=O)N(CCc1c[nH]c2ccccc12)Cc1ccccc1OC)C(=O)C(Cl)Cl. The summed E-state index contributed by atoms with van der Waals surface area (Å²) in [4.78, 5) is 31.1. The Morgan fingerprint density at radius 2 is 1.73 bits per heavy atom. The fourth-order valence-corrected chi connectivity index (χ4v) is 4.14. The summed E-state index contributed by atoms with van der Waals surface area (Å²) < 4.78 is 5.48. The van der Waals surface area contributed by atoms with Gasteiger partial charge in [-0.05, 0) is 30.5 Å². The Morgan fingerprint density at radius 3 is 2.45 bits per heavy atom. The zero-order valence-corrected chi connectivity index (χ0v) is 20.4. The molecule has 0 aliphatic carbocycles. The van der Waals surface area contributed by atoms with Gasteiger partial charge in [-0.3, -0.25) is 9.59 Å². The van der Waals surface area contributed by atoms with Gasteiger partial charge in [0.15, 0.2) is 4.84 Å². The number of aromatic nitrogens is 1. The van der Waals surface area contributed by atoms with E-state index in [2.05, 4.69) is 11.1 Å². The van der Waals surface area contributed by atoms with Gasteiger partial charge in [-0.2, -0.15) is 0 Å². The number of fused-ring (bicyclic) bond motifs is 1. The number of alkyl halides is 2. The summed E-state index contributed by atoms with van der Waals surface area (Å²) >= 11 is 11.6. The van der Waals surface area contributed by atoms with Crippen LogP contribution in [0.5, 0.6) is 5.75 Å². The molecule has 0 bridgehead atoms. The second-order valence-electron chi connectivity index (χ2n) is 7.80. The first-order chi connectivity index (χ1) is 15.9. The van der Waals surface area contributed by atoms with Crippen LogP contribution in [0.1, 0.15) is 24.5 Å². The molecule has 0 spiro atoms. The van der Waals surface area contributed by atoms with Crippen molar-refractivity contribution in [3.8, 4) is 5.75 Å². The molecule has 0 atom stereocenters. The van der Waals surface area contributed by atoms with E-state index in [0.717, 1.165) is 22.0 Å². The predicted molar refractivity (Wildman–Crippen MR) is 133 cm³/mol. The number of ether oxygens (including phenoxy) is 1. The number of para-hydroxylation sites is 2. The van der Waals surface area contributed by atoms with Crippen LogP contribution in [0.2, 0.25) is 0 Å². The van der Waals surface area contributed by atoms with E-state index >= 15 is 0 Å². The first-order valence-corrected chi connectivity index (χ1v) is 11.8. The Kier molecular flexibility index (Phi) is 9.03. The maximum atomic E-state index is 13.4. The monoisotopic (exact) mass is 489 g/mol. The Morgan fingerprint density at radius 1 is 1.00 bits per heavy atom. The highest BCUT2D eigenvalue weighted by Gasteiger charge is 2.25. The van der Waals surface area contributed by atoms with Gasteiger partial charge in [0, 0.05) is 42.3 Å². The third-order valence-corrected chi connectivity index (χ3v) is 5.92. The smallest absolute Gasteiger partial charge is 0.256 e. The molecule has 3 aromatic rings. The molecule has 0 fully saturated rings. The molecule has 0 unspecified atom stereocenters. The predicted octanol–water partition coefficient (Wildman–Crippen LogP) is 4.79. The summed E-state index contributed by atoms with van der Waals surface area (Å²) in [5.41, 5.74) is 3.09. The summed E-state index contributed by atoms with van der Waals surface area (Å²) in [5, 5.41) is 1.14. The Balaban J connectivity index is 1.82. The van der Waals surface area contributed by atoms with Crippen molar-refractivity contribution < 1.29 is 14.3 Å². The van der Waals surface area contributed by atoms with E-state index < -0.39 is 10.7 Å². The summed E-state index contributed by atoms with van der Waals surface area (Å²) in [7, 11) is 1.61. The van der Waals surface area contributed by atoms with Crippen LogP contribution < -0.4 is 4.74 Å². The fraction of sp³-hybridized carbons (Fsp3) is 0.360. The molecule has 0 aliphatic rings. The van der Waals surface area contributed by atoms with Crippen molar-refractivity contribution in [2.24, 2.45) is 0 Å². The number of benzene rings is 2. The molecule has 0 aliphatic heterocycles. The number of rotatable bonds is 11. The minimum Gasteiger partial charge on any atom is -0.496 e. The summed E-state index contributed by atoms with van der Waals surface area (Å²) in [6.45, 7) is 3.12. The topological polar surface area (TPSA) is 65.6 Å². The molecule has 0 saturated carbocycles. The van der Waals surface area contributed by atoms with Crippen molar-refractivity contribution in [3.05, 3.63) is 65.9 Å². The van der Waals surface area contributed by atoms with E-state index in [4.69, 9.17) is 27.9 Å². The number of nitrogens with zero attached hydrogens (tertiary/aromatic N) is 2. The van der Waals surface area contributed by atoms with Crippen LogP contribution in [0.4, 0.5) is 0 Å². The molecule has 0 radical (unpaired) electrons. The van der Waals surface area contributed by atoms with E-state index in [1.54, 1.807) is 12.0 Å². The zero-order chi connectivity index (χ0) is 23.8. The lowest BCUT2D eigenvalue weighted by atomic mass is 10.1. The summed E-state index contributed by atoms with van der Waals surface area (Å²) in [6.07, 6.45) is 3.34. The number of hydrogen-bond acceptors (Lipinski definition) is 3. The normalized spacial score (nSPS) is 11.1. The van der Waals surface area contributed by atoms with E-state index in [-0.39, 0.29) is 12.5 Å². The zero-order valence-electron chi connectivity index (χ0n) is 18.9. The summed E-state index contributed by atoms with van der Waals surface area (Å²) in [5.74, 6) is 0.0874. The molecule has 3 rings (SSSR count). The molecule has 2 aromatic carbocycles. The highest BCUT2D eigenvalue weighted by molar-refractivity contribution is 6.53. The molecule has 0 saturated heterocycles. The largest absolute Gasteiger partial charge is 0.496 e. The number of carbonyl (C=O) groups is 2. The standard InChI is InChI=1S/C25H29Cl2N3O3/c1-3-13-30(25(32)24(26)27)17-23(31)29(16-19-8-4-7-11-22(19)33-2)14-12-18-15-28-21-10-6-5-9-20(18)21/h4-11,15,24,28H,3,12-14,16-17H2,1-2H3. The van der Waals surface area contributed by atoms with E-state index in [1.807, 2.05) is 55.6 Å². The Labute approximate surface area is 204 Å². The Bertz CT molecular complexity index is 1080. The first-order valence-electron chi connectivity index (χ1n) is 11.0. The number of methoxy groups -OCH3 is 1. The maximum Gasteiger partial charge on any atom is 0.256 e. The van der Waals surface area contributed by atoms with Crippen molar-refractivity contribution in [3.63, 3.8) is 0 Å². The first kappa shape index (κ1) is 24.9. The molecular weight excluding hydrogens is 461 g/mol. The van der Waals surface area contributed by atoms with Crippen molar-refractivity contribution in [1.29, 1.82) is 0 Å². The van der Waals surface area contributed by atoms with Crippen LogP contribution in [0.3, 0.4) is 0 Å². The minimum atomic E-state index is -1.20. The van der Waals surface area contributed by atoms with Gasteiger partial charge in [-0.25, -0.2) is 0 Å². The number of H-pyrrole nitrogens is 1. The number of hydrogen-bond donors (Lipinski definition) is 1. The van der Waals surface area contributed by atoms with Gasteiger partial charge in [0.1, 0.15) is 5.75 Å². The van der Waals surface area contributed by atoms with Crippen LogP contribution in [0, 0.1) is 0 Å². The highest BCUT2D eigenvalue weighted by atomic mass is 35.5. The van der Waals surface area contributed by atoms with Crippen molar-refractivity contribution in [2.45, 2.75) is 31.1 Å². The van der Waals surface area contributed by atoms with Gasteiger partial charge in [-0.1, -0.05) is 66.5 Å². The average Bonchev–Trinajstić information content (AvgIpc) is 3.24. The van der Waals surface area contributed by atoms with Crippen molar-refractivity contribution >= 4 is 45.9 Å². The lowest BCUT2D eigenvalue weighted by Crippen LogP contribution is -2.45. The molecule has 1 N–H and O–H groups in total. The third-order valence-electron chi connectivity index (χ3n) is 5.55. The highest BCUT2D eigenvalue weighted by Crippen LogP contribution is 2.22. The lowest BCUT2D eigenvalue weighted by Gasteiger charge is -2.28. The second-order valence-corrected chi connectivity index (χ2v) is 8.89. The van der Waals surface area contributed by atoms with Gasteiger partial charge in [0.05, 0.1) is 13.7 Å². The molecule has 2 amide bonds. The number of aromatic amines is 1. The van der Waals surface area contributed by atoms with Crippen LogP contribution in [-0.2, 0) is 22.6 Å². The Hall–Kier alpha value is -2.70. The van der Waals surface area contributed by atoms with Crippen LogP contribution in [0.15, 0.2) is 54.7 Å². The number of halogens is 2. The molecular formula is C25H29Cl2N3O3. The van der Waals surface area contributed by atoms with Gasteiger partial charge in [0.2, 0.25) is 5.91 Å². The van der Waals surface area contributed by atoms with Gasteiger partial charge in [-0.15, -0.1) is 0 Å². The van der Waals surface area contributed by atoms with Gasteiger partial charge < -0.3 is 19.5 Å². The second kappa shape index (κ2) is 12.0. The fourth-order valence-electron chi connectivity index (χ4n) is 3.86. The number of amides is 2. The van der Waals surface area contributed by atoms with Crippen LogP contribution in [0.25, 0.3) is 10.9 Å². The quantitative estimate of drug-likeness (QED) is 0.393. The summed E-state index contributed by atoms with van der Waals surface area (Å²) in [6, 6.07) is 15.7. The third kappa shape index (κ3) is 6.42. The average molecular weight is 490 g/mol. The number of carbonyl (C=O) groups excluding carboxylic acids is 2. The van der Waals surface area contributed by atoms with Crippen molar-refractivity contribution in [1.82, 2.24) is 14.8 Å². The van der Waals surface area contributed by atoms with Crippen molar-refractivity contribution in [2.75, 3.05) is 26.7 Å². The minimum absolute atomic E-state index is 0.0777. The maximum absolute atomic E-state index is 13.4. The van der Waals surface area contributed by atoms with E-state index in [1.165, 1.54) is 4.90 Å². The molecule has 6 nitrogen and oxygen atoms in total. The van der Waals surface area contributed by atoms with Crippen LogP contribution in [-0.4, -0.2) is 58.2 Å². The molecule has 33 heavy (non-hydrogen) atoms. The lowest BCUT2D eigenvalue weighted by molar-refractivity contribution is -0.140. The van der Waals surface area contributed by atoms with Gasteiger partial charge >= 0.3 is 0 Å². The molecule has 1 aromatic heterocycles. The molecule has 1 heterocycles. The van der Waals surface area contributed by atoms with Gasteiger partial charge in [0.25, 0.3) is 5.91 Å². The molecule has 8 heteroatoms. The molecule has 176 valence electrons.